The summed E-state index contributed by atoms with van der Waals surface area (Å²) in [6.45, 7) is 1.43. The average molecular weight is 217 g/mol. The van der Waals surface area contributed by atoms with Crippen LogP contribution in [0, 0.1) is 0 Å². The Labute approximate surface area is 94.3 Å². The van der Waals surface area contributed by atoms with E-state index in [1.54, 1.807) is 12.4 Å². The lowest BCUT2D eigenvalue weighted by molar-refractivity contribution is 0.648. The van der Waals surface area contributed by atoms with Gasteiger partial charge in [-0.15, -0.1) is 5.10 Å². The Kier molecular flexibility index (Phi) is 3.61. The van der Waals surface area contributed by atoms with Gasteiger partial charge in [-0.05, 0) is 37.1 Å². The molecule has 0 saturated carbocycles. The van der Waals surface area contributed by atoms with E-state index < -0.39 is 0 Å². The maximum absolute atomic E-state index is 5.44. The van der Waals surface area contributed by atoms with E-state index in [1.807, 2.05) is 23.0 Å². The van der Waals surface area contributed by atoms with Crippen LogP contribution < -0.4 is 5.73 Å². The van der Waals surface area contributed by atoms with Gasteiger partial charge in [0.1, 0.15) is 0 Å². The predicted octanol–water partition coefficient (Wildman–Crippen LogP) is 0.613. The molecule has 0 amide bonds. The topological polar surface area (TPSA) is 69.6 Å². The highest BCUT2D eigenvalue weighted by Gasteiger charge is 2.00. The predicted molar refractivity (Wildman–Crippen MR) is 60.7 cm³/mol. The maximum atomic E-state index is 5.44. The van der Waals surface area contributed by atoms with Crippen LogP contribution in [0.3, 0.4) is 0 Å². The van der Waals surface area contributed by atoms with Gasteiger partial charge < -0.3 is 5.73 Å². The summed E-state index contributed by atoms with van der Waals surface area (Å²) in [7, 11) is 0. The van der Waals surface area contributed by atoms with Crippen molar-refractivity contribution in [3.05, 3.63) is 42.0 Å². The molecule has 0 aliphatic heterocycles. The van der Waals surface area contributed by atoms with Crippen LogP contribution in [0.15, 0.2) is 30.7 Å². The van der Waals surface area contributed by atoms with E-state index in [0.29, 0.717) is 6.54 Å². The van der Waals surface area contributed by atoms with E-state index >= 15 is 0 Å². The molecule has 0 unspecified atom stereocenters. The fraction of sp³-hybridized carbons (Fsp3) is 0.364. The second-order valence-corrected chi connectivity index (χ2v) is 3.66. The van der Waals surface area contributed by atoms with Gasteiger partial charge >= 0.3 is 0 Å². The normalized spacial score (nSPS) is 10.6. The first kappa shape index (κ1) is 10.8. The Balaban J connectivity index is 1.97. The van der Waals surface area contributed by atoms with Crippen LogP contribution in [-0.4, -0.2) is 26.5 Å². The SMILES string of the molecule is NCCCc1cn(Cc2ccncc2)nn1. The third kappa shape index (κ3) is 2.87. The van der Waals surface area contributed by atoms with Crippen LogP contribution in [0.2, 0.25) is 0 Å². The summed E-state index contributed by atoms with van der Waals surface area (Å²) < 4.78 is 1.83. The fourth-order valence-corrected chi connectivity index (χ4v) is 1.49. The molecule has 0 bridgehead atoms. The summed E-state index contributed by atoms with van der Waals surface area (Å²) >= 11 is 0. The molecule has 2 N–H and O–H groups in total. The number of nitrogens with two attached hydrogens (primary N) is 1. The molecular formula is C11H15N5. The Morgan fingerprint density at radius 2 is 2.06 bits per heavy atom. The molecule has 0 radical (unpaired) electrons. The van der Waals surface area contributed by atoms with Crippen molar-refractivity contribution in [1.29, 1.82) is 0 Å². The minimum Gasteiger partial charge on any atom is -0.330 e. The number of pyridine rings is 1. The van der Waals surface area contributed by atoms with E-state index in [1.165, 1.54) is 5.56 Å². The summed E-state index contributed by atoms with van der Waals surface area (Å²) in [5.74, 6) is 0. The number of rotatable bonds is 5. The van der Waals surface area contributed by atoms with Gasteiger partial charge in [0.25, 0.3) is 0 Å². The van der Waals surface area contributed by atoms with Crippen molar-refractivity contribution >= 4 is 0 Å². The number of aryl methyl sites for hydroxylation is 1. The lowest BCUT2D eigenvalue weighted by atomic mass is 10.2. The molecule has 0 aliphatic rings. The third-order valence-corrected chi connectivity index (χ3v) is 2.32. The van der Waals surface area contributed by atoms with Gasteiger partial charge in [0, 0.05) is 18.6 Å². The minimum absolute atomic E-state index is 0.692. The van der Waals surface area contributed by atoms with Crippen LogP contribution in [0.25, 0.3) is 0 Å². The molecule has 0 aromatic carbocycles. The van der Waals surface area contributed by atoms with Crippen LogP contribution in [0.1, 0.15) is 17.7 Å². The highest BCUT2D eigenvalue weighted by atomic mass is 15.4. The molecule has 2 aromatic heterocycles. The summed E-state index contributed by atoms with van der Waals surface area (Å²) in [4.78, 5) is 3.97. The zero-order valence-electron chi connectivity index (χ0n) is 9.08. The molecule has 2 rings (SSSR count). The smallest absolute Gasteiger partial charge is 0.0827 e. The lowest BCUT2D eigenvalue weighted by Gasteiger charge is -1.98. The molecule has 0 fully saturated rings. The highest BCUT2D eigenvalue weighted by Crippen LogP contribution is 2.02. The first-order valence-electron chi connectivity index (χ1n) is 5.36. The standard InChI is InChI=1S/C11H15N5/c12-5-1-2-11-9-16(15-14-11)8-10-3-6-13-7-4-10/h3-4,6-7,9H,1-2,5,8,12H2. The summed E-state index contributed by atoms with van der Waals surface area (Å²) in [5.41, 5.74) is 7.62. The molecule has 5 heteroatoms. The Hall–Kier alpha value is -1.75. The summed E-state index contributed by atoms with van der Waals surface area (Å²) in [5, 5.41) is 8.16. The maximum Gasteiger partial charge on any atom is 0.0827 e. The number of hydrogen-bond donors (Lipinski definition) is 1. The zero-order chi connectivity index (χ0) is 11.2. The molecule has 0 spiro atoms. The summed E-state index contributed by atoms with van der Waals surface area (Å²) in [6, 6.07) is 3.95. The van der Waals surface area contributed by atoms with Gasteiger partial charge in [-0.1, -0.05) is 5.21 Å². The Bertz CT molecular complexity index is 423. The number of aromatic nitrogens is 4. The van der Waals surface area contributed by atoms with E-state index in [2.05, 4.69) is 15.3 Å². The van der Waals surface area contributed by atoms with Crippen LogP contribution in [0.5, 0.6) is 0 Å². The number of hydrogen-bond acceptors (Lipinski definition) is 4. The second-order valence-electron chi connectivity index (χ2n) is 3.66. The molecule has 2 aromatic rings. The molecule has 0 atom stereocenters. The van der Waals surface area contributed by atoms with Crippen molar-refractivity contribution in [3.63, 3.8) is 0 Å². The largest absolute Gasteiger partial charge is 0.330 e. The third-order valence-electron chi connectivity index (χ3n) is 2.32. The van der Waals surface area contributed by atoms with Crippen molar-refractivity contribution in [2.45, 2.75) is 19.4 Å². The second kappa shape index (κ2) is 5.37. The molecule has 0 saturated heterocycles. The fourth-order valence-electron chi connectivity index (χ4n) is 1.49. The monoisotopic (exact) mass is 217 g/mol. The van der Waals surface area contributed by atoms with Crippen molar-refractivity contribution in [3.8, 4) is 0 Å². The van der Waals surface area contributed by atoms with Crippen LogP contribution in [0.4, 0.5) is 0 Å². The lowest BCUT2D eigenvalue weighted by Crippen LogP contribution is -2.01. The van der Waals surface area contributed by atoms with E-state index in [0.717, 1.165) is 25.1 Å². The Morgan fingerprint density at radius 1 is 1.25 bits per heavy atom. The molecule has 0 aliphatic carbocycles. The first-order chi connectivity index (χ1) is 7.88. The molecule has 2 heterocycles. The van der Waals surface area contributed by atoms with Crippen LogP contribution in [-0.2, 0) is 13.0 Å². The molecular weight excluding hydrogens is 202 g/mol. The molecule has 84 valence electrons. The van der Waals surface area contributed by atoms with Crippen LogP contribution >= 0.6 is 0 Å². The number of nitrogens with zero attached hydrogens (tertiary/aromatic N) is 4. The average Bonchev–Trinajstić information content (AvgIpc) is 2.75. The first-order valence-corrected chi connectivity index (χ1v) is 5.36. The van der Waals surface area contributed by atoms with E-state index in [-0.39, 0.29) is 0 Å². The summed E-state index contributed by atoms with van der Waals surface area (Å²) in [6.07, 6.45) is 7.38. The van der Waals surface area contributed by atoms with Crippen molar-refractivity contribution < 1.29 is 0 Å². The zero-order valence-corrected chi connectivity index (χ0v) is 9.08. The van der Waals surface area contributed by atoms with Crippen molar-refractivity contribution in [2.24, 2.45) is 5.73 Å². The van der Waals surface area contributed by atoms with E-state index in [9.17, 15) is 0 Å². The minimum atomic E-state index is 0.692. The molecule has 5 nitrogen and oxygen atoms in total. The van der Waals surface area contributed by atoms with Gasteiger partial charge in [0.2, 0.25) is 0 Å². The van der Waals surface area contributed by atoms with Crippen molar-refractivity contribution in [2.75, 3.05) is 6.54 Å². The molecule has 16 heavy (non-hydrogen) atoms. The quantitative estimate of drug-likeness (QED) is 0.796. The van der Waals surface area contributed by atoms with Gasteiger partial charge in [-0.2, -0.15) is 0 Å². The highest BCUT2D eigenvalue weighted by molar-refractivity contribution is 5.10. The van der Waals surface area contributed by atoms with Crippen molar-refractivity contribution in [1.82, 2.24) is 20.0 Å². The Morgan fingerprint density at radius 3 is 2.81 bits per heavy atom. The van der Waals surface area contributed by atoms with Gasteiger partial charge in [-0.25, -0.2) is 4.68 Å². The van der Waals surface area contributed by atoms with Gasteiger partial charge in [-0.3, -0.25) is 4.98 Å². The van der Waals surface area contributed by atoms with Gasteiger partial charge in [0.15, 0.2) is 0 Å². The van der Waals surface area contributed by atoms with Gasteiger partial charge in [0.05, 0.1) is 12.2 Å². The van der Waals surface area contributed by atoms with E-state index in [4.69, 9.17) is 5.73 Å².